The summed E-state index contributed by atoms with van der Waals surface area (Å²) in [4.78, 5) is 12.5. The molecule has 0 aromatic heterocycles. The average molecular weight is 385 g/mol. The van der Waals surface area contributed by atoms with Gasteiger partial charge in [0.1, 0.15) is 0 Å². The van der Waals surface area contributed by atoms with Crippen molar-refractivity contribution in [1.82, 2.24) is 10.6 Å². The summed E-state index contributed by atoms with van der Waals surface area (Å²) in [7, 11) is 0. The fourth-order valence-electron chi connectivity index (χ4n) is 2.97. The Bertz CT molecular complexity index is 560. The van der Waals surface area contributed by atoms with Crippen molar-refractivity contribution in [3.05, 3.63) is 23.8 Å². The molecule has 0 atom stereocenters. The van der Waals surface area contributed by atoms with Crippen LogP contribution in [0.2, 0.25) is 0 Å². The Morgan fingerprint density at radius 3 is 2.58 bits per heavy atom. The summed E-state index contributed by atoms with van der Waals surface area (Å²) in [5.74, 6) is 1.29. The normalized spacial score (nSPS) is 15.7. The number of hydrogen-bond donors (Lipinski definition) is 2. The number of unbranched alkanes of at least 4 members (excludes halogenated alkanes) is 1. The molecule has 5 nitrogen and oxygen atoms in total. The van der Waals surface area contributed by atoms with Crippen LogP contribution in [0.5, 0.6) is 11.5 Å². The number of carbonyl (C=O) groups excluding carboxylic acids is 1. The van der Waals surface area contributed by atoms with Gasteiger partial charge in [-0.1, -0.05) is 20.3 Å². The van der Waals surface area contributed by atoms with Gasteiger partial charge in [0.2, 0.25) is 0 Å². The minimum atomic E-state index is -0.0548. The number of nitrogens with one attached hydrogen (secondary N) is 2. The van der Waals surface area contributed by atoms with Crippen LogP contribution in [0.4, 0.5) is 0 Å². The fourth-order valence-corrected chi connectivity index (χ4v) is 2.97. The second-order valence-electron chi connectivity index (χ2n) is 7.04. The predicted octanol–water partition coefficient (Wildman–Crippen LogP) is 3.81. The molecule has 2 N–H and O–H groups in total. The third-order valence-corrected chi connectivity index (χ3v) is 4.75. The van der Waals surface area contributed by atoms with Gasteiger partial charge in [0.05, 0.1) is 13.2 Å². The molecule has 1 aliphatic heterocycles. The Hall–Kier alpha value is -1.46. The smallest absolute Gasteiger partial charge is 0.251 e. The first-order valence-electron chi connectivity index (χ1n) is 9.46. The summed E-state index contributed by atoms with van der Waals surface area (Å²) < 4.78 is 11.4. The Morgan fingerprint density at radius 1 is 1.19 bits per heavy atom. The van der Waals surface area contributed by atoms with Crippen molar-refractivity contribution >= 4 is 18.3 Å². The number of carbonyl (C=O) groups is 1. The van der Waals surface area contributed by atoms with Crippen LogP contribution in [0, 0.1) is 5.41 Å². The maximum absolute atomic E-state index is 12.5. The molecule has 26 heavy (non-hydrogen) atoms. The highest BCUT2D eigenvalue weighted by molar-refractivity contribution is 5.94. The molecule has 1 amide bonds. The van der Waals surface area contributed by atoms with Gasteiger partial charge in [-0.15, -0.1) is 12.4 Å². The summed E-state index contributed by atoms with van der Waals surface area (Å²) in [6.07, 6.45) is 4.25. The van der Waals surface area contributed by atoms with Crippen molar-refractivity contribution < 1.29 is 14.3 Å². The van der Waals surface area contributed by atoms with E-state index in [1.165, 1.54) is 0 Å². The minimum Gasteiger partial charge on any atom is -0.490 e. The molecule has 0 aliphatic carbocycles. The lowest BCUT2D eigenvalue weighted by atomic mass is 9.81. The van der Waals surface area contributed by atoms with E-state index in [0.717, 1.165) is 38.8 Å². The summed E-state index contributed by atoms with van der Waals surface area (Å²) in [6.45, 7) is 10.2. The molecule has 1 fully saturated rings. The van der Waals surface area contributed by atoms with E-state index in [2.05, 4.69) is 24.5 Å². The van der Waals surface area contributed by atoms with Crippen LogP contribution in [-0.4, -0.2) is 38.8 Å². The SMILES string of the molecule is CCCCOc1ccc(C(=O)NCC2(C)CCNCC2)cc1OCC.Cl. The molecule has 1 aliphatic rings. The van der Waals surface area contributed by atoms with Gasteiger partial charge in [0, 0.05) is 12.1 Å². The number of ether oxygens (including phenoxy) is 2. The first-order valence-corrected chi connectivity index (χ1v) is 9.46. The van der Waals surface area contributed by atoms with Crippen LogP contribution in [0.15, 0.2) is 18.2 Å². The zero-order valence-electron chi connectivity index (χ0n) is 16.2. The molecule has 6 heteroatoms. The standard InChI is InChI=1S/C20H32N2O3.ClH/c1-4-6-13-25-17-8-7-16(14-18(17)24-5-2)19(23)22-15-20(3)9-11-21-12-10-20;/h7-8,14,21H,4-6,9-13,15H2,1-3H3,(H,22,23);1H. The van der Waals surface area contributed by atoms with Crippen molar-refractivity contribution in [2.24, 2.45) is 5.41 Å². The van der Waals surface area contributed by atoms with E-state index in [0.29, 0.717) is 36.8 Å². The molecular formula is C20H33ClN2O3. The number of halogens is 1. The lowest BCUT2D eigenvalue weighted by Crippen LogP contribution is -2.42. The van der Waals surface area contributed by atoms with Crippen LogP contribution in [-0.2, 0) is 0 Å². The molecule has 0 saturated carbocycles. The van der Waals surface area contributed by atoms with E-state index < -0.39 is 0 Å². The van der Waals surface area contributed by atoms with E-state index in [1.807, 2.05) is 19.1 Å². The Labute approximate surface area is 163 Å². The average Bonchev–Trinajstić information content (AvgIpc) is 2.62. The number of benzene rings is 1. The van der Waals surface area contributed by atoms with E-state index in [1.54, 1.807) is 6.07 Å². The molecular weight excluding hydrogens is 352 g/mol. The third kappa shape index (κ3) is 6.69. The van der Waals surface area contributed by atoms with Crippen molar-refractivity contribution in [3.8, 4) is 11.5 Å². The fraction of sp³-hybridized carbons (Fsp3) is 0.650. The summed E-state index contributed by atoms with van der Waals surface area (Å²) in [5.41, 5.74) is 0.788. The van der Waals surface area contributed by atoms with Crippen molar-refractivity contribution in [2.45, 2.75) is 46.5 Å². The highest BCUT2D eigenvalue weighted by Crippen LogP contribution is 2.30. The van der Waals surface area contributed by atoms with Gasteiger partial charge in [-0.3, -0.25) is 4.79 Å². The van der Waals surface area contributed by atoms with Gasteiger partial charge in [-0.25, -0.2) is 0 Å². The number of rotatable bonds is 9. The molecule has 0 radical (unpaired) electrons. The van der Waals surface area contributed by atoms with Crippen LogP contribution in [0.25, 0.3) is 0 Å². The van der Waals surface area contributed by atoms with Crippen molar-refractivity contribution in [3.63, 3.8) is 0 Å². The monoisotopic (exact) mass is 384 g/mol. The molecule has 1 aromatic rings. The first kappa shape index (κ1) is 22.6. The largest absolute Gasteiger partial charge is 0.490 e. The summed E-state index contributed by atoms with van der Waals surface area (Å²) in [6, 6.07) is 5.43. The second kappa shape index (κ2) is 11.3. The minimum absolute atomic E-state index is 0. The highest BCUT2D eigenvalue weighted by atomic mass is 35.5. The molecule has 2 rings (SSSR count). The van der Waals surface area contributed by atoms with Crippen LogP contribution >= 0.6 is 12.4 Å². The third-order valence-electron chi connectivity index (χ3n) is 4.75. The van der Waals surface area contributed by atoms with E-state index in [4.69, 9.17) is 9.47 Å². The first-order chi connectivity index (χ1) is 12.1. The van der Waals surface area contributed by atoms with Gasteiger partial charge >= 0.3 is 0 Å². The molecule has 0 bridgehead atoms. The molecule has 1 heterocycles. The molecule has 1 aromatic carbocycles. The Morgan fingerprint density at radius 2 is 1.92 bits per heavy atom. The molecule has 0 unspecified atom stereocenters. The lowest BCUT2D eigenvalue weighted by molar-refractivity contribution is 0.0921. The lowest BCUT2D eigenvalue weighted by Gasteiger charge is -2.34. The molecule has 1 saturated heterocycles. The van der Waals surface area contributed by atoms with Gasteiger partial charge in [-0.05, 0) is 62.9 Å². The maximum atomic E-state index is 12.5. The number of amides is 1. The summed E-state index contributed by atoms with van der Waals surface area (Å²) >= 11 is 0. The zero-order valence-corrected chi connectivity index (χ0v) is 17.0. The van der Waals surface area contributed by atoms with Gasteiger partial charge in [-0.2, -0.15) is 0 Å². The summed E-state index contributed by atoms with van der Waals surface area (Å²) in [5, 5.41) is 6.45. The van der Waals surface area contributed by atoms with Crippen LogP contribution in [0.3, 0.4) is 0 Å². The maximum Gasteiger partial charge on any atom is 0.251 e. The van der Waals surface area contributed by atoms with Gasteiger partial charge in [0.25, 0.3) is 5.91 Å². The van der Waals surface area contributed by atoms with Gasteiger partial charge in [0.15, 0.2) is 11.5 Å². The van der Waals surface area contributed by atoms with E-state index >= 15 is 0 Å². The highest BCUT2D eigenvalue weighted by Gasteiger charge is 2.27. The second-order valence-corrected chi connectivity index (χ2v) is 7.04. The predicted molar refractivity (Wildman–Crippen MR) is 108 cm³/mol. The zero-order chi connectivity index (χ0) is 18.1. The van der Waals surface area contributed by atoms with Gasteiger partial charge < -0.3 is 20.1 Å². The number of piperidine rings is 1. The quantitative estimate of drug-likeness (QED) is 0.635. The number of hydrogen-bond acceptors (Lipinski definition) is 4. The molecule has 148 valence electrons. The van der Waals surface area contributed by atoms with Crippen molar-refractivity contribution in [2.75, 3.05) is 32.8 Å². The van der Waals surface area contributed by atoms with Crippen LogP contribution < -0.4 is 20.1 Å². The topological polar surface area (TPSA) is 59.6 Å². The Kier molecular flexibility index (Phi) is 9.81. The molecule has 0 spiro atoms. The van der Waals surface area contributed by atoms with E-state index in [-0.39, 0.29) is 23.7 Å². The van der Waals surface area contributed by atoms with E-state index in [9.17, 15) is 4.79 Å². The Balaban J connectivity index is 0.00000338. The van der Waals surface area contributed by atoms with Crippen molar-refractivity contribution in [1.29, 1.82) is 0 Å². The van der Waals surface area contributed by atoms with Crippen LogP contribution in [0.1, 0.15) is 56.8 Å².